The van der Waals surface area contributed by atoms with E-state index in [1.54, 1.807) is 6.33 Å². The number of nitrogens with zero attached hydrogens (tertiary/aromatic N) is 3. The van der Waals surface area contributed by atoms with E-state index in [9.17, 15) is 9.90 Å². The zero-order valence-corrected chi connectivity index (χ0v) is 14.4. The third-order valence-electron chi connectivity index (χ3n) is 4.30. The zero-order valence-electron chi connectivity index (χ0n) is 12.8. The number of methoxy groups -OCH3 is 1. The highest BCUT2D eigenvalue weighted by Crippen LogP contribution is 2.30. The average molecular weight is 380 g/mol. The summed E-state index contributed by atoms with van der Waals surface area (Å²) < 4.78 is 5.60. The molecule has 7 heteroatoms. The van der Waals surface area contributed by atoms with E-state index in [0.29, 0.717) is 0 Å². The Kier molecular flexibility index (Phi) is 4.77. The van der Waals surface area contributed by atoms with Crippen molar-refractivity contribution >= 4 is 38.6 Å². The maximum Gasteiger partial charge on any atom is 0.334 e. The minimum absolute atomic E-state index is 0.0708. The van der Waals surface area contributed by atoms with Gasteiger partial charge in [-0.25, -0.2) is 14.8 Å². The number of ether oxygens (including phenoxy) is 1. The summed E-state index contributed by atoms with van der Waals surface area (Å²) in [7, 11) is 1.30. The van der Waals surface area contributed by atoms with Crippen LogP contribution in [0.25, 0.3) is 10.9 Å². The van der Waals surface area contributed by atoms with E-state index in [1.807, 2.05) is 18.2 Å². The highest BCUT2D eigenvalue weighted by molar-refractivity contribution is 9.10. The molecule has 1 N–H and O–H groups in total. The van der Waals surface area contributed by atoms with E-state index < -0.39 is 12.1 Å². The molecule has 1 saturated heterocycles. The van der Waals surface area contributed by atoms with Crippen LogP contribution < -0.4 is 4.90 Å². The molecule has 3 rings (SSSR count). The molecule has 6 nitrogen and oxygen atoms in total. The Morgan fingerprint density at radius 2 is 2.13 bits per heavy atom. The van der Waals surface area contributed by atoms with Crippen LogP contribution in [0.3, 0.4) is 0 Å². The van der Waals surface area contributed by atoms with Gasteiger partial charge < -0.3 is 14.7 Å². The lowest BCUT2D eigenvalue weighted by Crippen LogP contribution is -2.41. The van der Waals surface area contributed by atoms with Crippen molar-refractivity contribution in [3.05, 3.63) is 29.0 Å². The summed E-state index contributed by atoms with van der Waals surface area (Å²) in [5.74, 6) is 0.265. The van der Waals surface area contributed by atoms with Crippen LogP contribution in [0.15, 0.2) is 29.0 Å². The average Bonchev–Trinajstić information content (AvgIpc) is 2.60. The van der Waals surface area contributed by atoms with Gasteiger partial charge in [-0.3, -0.25) is 0 Å². The Bertz CT molecular complexity index is 717. The van der Waals surface area contributed by atoms with Crippen molar-refractivity contribution in [3.63, 3.8) is 0 Å². The Morgan fingerprint density at radius 1 is 1.39 bits per heavy atom. The van der Waals surface area contributed by atoms with Crippen LogP contribution in [0.4, 0.5) is 5.82 Å². The summed E-state index contributed by atoms with van der Waals surface area (Å²) in [6, 6.07) is 5.93. The molecule has 1 fully saturated rings. The predicted molar refractivity (Wildman–Crippen MR) is 90.2 cm³/mol. The van der Waals surface area contributed by atoms with Gasteiger partial charge in [-0.2, -0.15) is 0 Å². The van der Waals surface area contributed by atoms with Gasteiger partial charge in [-0.1, -0.05) is 15.9 Å². The van der Waals surface area contributed by atoms with Crippen LogP contribution in [-0.2, 0) is 9.53 Å². The monoisotopic (exact) mass is 379 g/mol. The SMILES string of the molecule is COC(=O)C(O)C1CCN(c2ncnc3ccc(Br)cc23)CC1. The molecule has 0 saturated carbocycles. The third kappa shape index (κ3) is 3.30. The van der Waals surface area contributed by atoms with Crippen molar-refractivity contribution in [2.45, 2.75) is 18.9 Å². The second kappa shape index (κ2) is 6.80. The van der Waals surface area contributed by atoms with Gasteiger partial charge in [-0.05, 0) is 37.0 Å². The zero-order chi connectivity index (χ0) is 16.4. The number of hydrogen-bond acceptors (Lipinski definition) is 6. The van der Waals surface area contributed by atoms with Crippen molar-refractivity contribution in [2.75, 3.05) is 25.1 Å². The number of aliphatic hydroxyl groups excluding tert-OH is 1. The van der Waals surface area contributed by atoms with Gasteiger partial charge in [0.1, 0.15) is 12.1 Å². The lowest BCUT2D eigenvalue weighted by atomic mass is 9.91. The minimum atomic E-state index is -1.04. The molecule has 0 spiro atoms. The van der Waals surface area contributed by atoms with Gasteiger partial charge in [0.15, 0.2) is 6.10 Å². The number of aliphatic hydroxyl groups is 1. The minimum Gasteiger partial charge on any atom is -0.467 e. The van der Waals surface area contributed by atoms with Gasteiger partial charge in [0.25, 0.3) is 0 Å². The van der Waals surface area contributed by atoms with E-state index in [-0.39, 0.29) is 5.92 Å². The van der Waals surface area contributed by atoms with E-state index in [4.69, 9.17) is 0 Å². The molecule has 0 aliphatic carbocycles. The topological polar surface area (TPSA) is 75.6 Å². The first-order valence-electron chi connectivity index (χ1n) is 7.51. The molecule has 1 aliphatic rings. The number of rotatable bonds is 3. The van der Waals surface area contributed by atoms with E-state index in [0.717, 1.165) is 47.1 Å². The quantitative estimate of drug-likeness (QED) is 0.823. The molecule has 0 amide bonds. The maximum absolute atomic E-state index is 11.5. The van der Waals surface area contributed by atoms with Crippen molar-refractivity contribution < 1.29 is 14.6 Å². The Morgan fingerprint density at radius 3 is 2.83 bits per heavy atom. The summed E-state index contributed by atoms with van der Waals surface area (Å²) in [6.07, 6.45) is 1.96. The lowest BCUT2D eigenvalue weighted by Gasteiger charge is -2.34. The first-order chi connectivity index (χ1) is 11.1. The molecule has 0 radical (unpaired) electrons. The first-order valence-corrected chi connectivity index (χ1v) is 8.30. The van der Waals surface area contributed by atoms with Crippen LogP contribution in [0.1, 0.15) is 12.8 Å². The van der Waals surface area contributed by atoms with Gasteiger partial charge in [0, 0.05) is 22.9 Å². The highest BCUT2D eigenvalue weighted by atomic mass is 79.9. The van der Waals surface area contributed by atoms with Crippen LogP contribution in [-0.4, -0.2) is 47.3 Å². The van der Waals surface area contributed by atoms with Crippen LogP contribution in [0.2, 0.25) is 0 Å². The maximum atomic E-state index is 11.5. The van der Waals surface area contributed by atoms with Crippen molar-refractivity contribution in [1.29, 1.82) is 0 Å². The number of piperidine rings is 1. The number of fused-ring (bicyclic) bond motifs is 1. The highest BCUT2D eigenvalue weighted by Gasteiger charge is 2.31. The fourth-order valence-electron chi connectivity index (χ4n) is 3.01. The lowest BCUT2D eigenvalue weighted by molar-refractivity contribution is -0.153. The smallest absolute Gasteiger partial charge is 0.334 e. The van der Waals surface area contributed by atoms with Gasteiger partial charge in [-0.15, -0.1) is 0 Å². The molecular formula is C16H18BrN3O3. The fourth-order valence-corrected chi connectivity index (χ4v) is 3.37. The van der Waals surface area contributed by atoms with Crippen LogP contribution >= 0.6 is 15.9 Å². The molecular weight excluding hydrogens is 362 g/mol. The second-order valence-corrected chi connectivity index (χ2v) is 6.57. The fraction of sp³-hybridized carbons (Fsp3) is 0.438. The molecule has 1 unspecified atom stereocenters. The Balaban J connectivity index is 1.78. The number of benzene rings is 1. The van der Waals surface area contributed by atoms with Gasteiger partial charge in [0.05, 0.1) is 12.6 Å². The molecule has 1 atom stereocenters. The molecule has 2 heterocycles. The number of halogens is 1. The number of carbonyl (C=O) groups excluding carboxylic acids is 1. The largest absolute Gasteiger partial charge is 0.467 e. The van der Waals surface area contributed by atoms with Gasteiger partial charge in [0.2, 0.25) is 0 Å². The standard InChI is InChI=1S/C16H18BrN3O3/c1-23-16(22)14(21)10-4-6-20(7-5-10)15-12-8-11(17)2-3-13(12)18-9-19-15/h2-3,8-10,14,21H,4-7H2,1H3. The molecule has 1 aromatic carbocycles. The summed E-state index contributed by atoms with van der Waals surface area (Å²) in [4.78, 5) is 22.4. The number of carbonyl (C=O) groups is 1. The summed E-state index contributed by atoms with van der Waals surface area (Å²) in [5, 5.41) is 11.0. The third-order valence-corrected chi connectivity index (χ3v) is 4.80. The number of esters is 1. The molecule has 122 valence electrons. The summed E-state index contributed by atoms with van der Waals surface area (Å²) in [6.45, 7) is 1.47. The predicted octanol–water partition coefficient (Wildman–Crippen LogP) is 2.14. The van der Waals surface area contributed by atoms with Crippen molar-refractivity contribution in [3.8, 4) is 0 Å². The summed E-state index contributed by atoms with van der Waals surface area (Å²) in [5.41, 5.74) is 0.898. The van der Waals surface area contributed by atoms with Crippen LogP contribution in [0.5, 0.6) is 0 Å². The molecule has 23 heavy (non-hydrogen) atoms. The summed E-state index contributed by atoms with van der Waals surface area (Å²) >= 11 is 3.48. The van der Waals surface area contributed by atoms with Gasteiger partial charge >= 0.3 is 5.97 Å². The Hall–Kier alpha value is -1.73. The van der Waals surface area contributed by atoms with Crippen molar-refractivity contribution in [1.82, 2.24) is 9.97 Å². The second-order valence-electron chi connectivity index (χ2n) is 5.65. The number of aromatic nitrogens is 2. The number of anilines is 1. The molecule has 2 aromatic rings. The number of hydrogen-bond donors (Lipinski definition) is 1. The molecule has 1 aromatic heterocycles. The first kappa shape index (κ1) is 16.1. The normalized spacial score (nSPS) is 17.3. The van der Waals surface area contributed by atoms with E-state index in [2.05, 4.69) is 35.5 Å². The van der Waals surface area contributed by atoms with E-state index >= 15 is 0 Å². The van der Waals surface area contributed by atoms with E-state index in [1.165, 1.54) is 7.11 Å². The molecule has 1 aliphatic heterocycles. The Labute approximate surface area is 142 Å². The molecule has 0 bridgehead atoms. The van der Waals surface area contributed by atoms with Crippen LogP contribution in [0, 0.1) is 5.92 Å². The van der Waals surface area contributed by atoms with Crippen molar-refractivity contribution in [2.24, 2.45) is 5.92 Å².